The first-order chi connectivity index (χ1) is 9.04. The van der Waals surface area contributed by atoms with Crippen LogP contribution in [0.2, 0.25) is 0 Å². The maximum Gasteiger partial charge on any atom is 0.0400 e. The topological polar surface area (TPSA) is 15.3 Å². The van der Waals surface area contributed by atoms with Gasteiger partial charge in [-0.25, -0.2) is 0 Å². The van der Waals surface area contributed by atoms with Gasteiger partial charge in [0.05, 0.1) is 0 Å². The van der Waals surface area contributed by atoms with Gasteiger partial charge in [0.1, 0.15) is 0 Å². The summed E-state index contributed by atoms with van der Waals surface area (Å²) in [6, 6.07) is 15.2. The van der Waals surface area contributed by atoms with Gasteiger partial charge < -0.3 is 10.2 Å². The molecule has 0 aliphatic rings. The van der Waals surface area contributed by atoms with Crippen LogP contribution in [0.5, 0.6) is 0 Å². The lowest BCUT2D eigenvalue weighted by Crippen LogP contribution is -2.08. The average molecular weight is 254 g/mol. The number of benzene rings is 2. The summed E-state index contributed by atoms with van der Waals surface area (Å²) in [4.78, 5) is 2.10. The molecule has 0 radical (unpaired) electrons. The lowest BCUT2D eigenvalue weighted by Gasteiger charge is -2.13. The Morgan fingerprint density at radius 3 is 2.00 bits per heavy atom. The van der Waals surface area contributed by atoms with Crippen LogP contribution in [-0.4, -0.2) is 14.1 Å². The fourth-order valence-electron chi connectivity index (χ4n) is 2.25. The Balaban J connectivity index is 2.02. The van der Waals surface area contributed by atoms with E-state index in [0.717, 1.165) is 12.2 Å². The molecule has 0 aromatic heterocycles. The van der Waals surface area contributed by atoms with E-state index in [-0.39, 0.29) is 0 Å². The first kappa shape index (κ1) is 13.5. The normalized spacial score (nSPS) is 10.3. The van der Waals surface area contributed by atoms with E-state index < -0.39 is 0 Å². The Morgan fingerprint density at radius 1 is 0.895 bits per heavy atom. The van der Waals surface area contributed by atoms with Gasteiger partial charge in [-0.3, -0.25) is 0 Å². The molecule has 0 aliphatic heterocycles. The van der Waals surface area contributed by atoms with Crippen LogP contribution in [-0.2, 0) is 6.54 Å². The van der Waals surface area contributed by atoms with Gasteiger partial charge in [0.2, 0.25) is 0 Å². The lowest BCUT2D eigenvalue weighted by molar-refractivity contribution is 1.12. The Kier molecular flexibility index (Phi) is 4.10. The number of aryl methyl sites for hydroxylation is 2. The predicted octanol–water partition coefficient (Wildman–Crippen LogP) is 3.98. The molecule has 0 spiro atoms. The highest BCUT2D eigenvalue weighted by Gasteiger charge is 1.98. The highest BCUT2D eigenvalue weighted by atomic mass is 15.1. The average Bonchev–Trinajstić information content (AvgIpc) is 2.36. The molecule has 2 heteroatoms. The highest BCUT2D eigenvalue weighted by molar-refractivity contribution is 5.54. The van der Waals surface area contributed by atoms with E-state index in [0.29, 0.717) is 0 Å². The van der Waals surface area contributed by atoms with Gasteiger partial charge in [0.25, 0.3) is 0 Å². The zero-order chi connectivity index (χ0) is 13.8. The maximum absolute atomic E-state index is 3.46. The molecule has 1 N–H and O–H groups in total. The van der Waals surface area contributed by atoms with Crippen LogP contribution in [0.1, 0.15) is 16.7 Å². The molecular formula is C17H22N2. The monoisotopic (exact) mass is 254 g/mol. The van der Waals surface area contributed by atoms with E-state index in [1.54, 1.807) is 0 Å². The molecule has 0 unspecified atom stereocenters. The fourth-order valence-corrected chi connectivity index (χ4v) is 2.25. The van der Waals surface area contributed by atoms with Crippen LogP contribution < -0.4 is 10.2 Å². The van der Waals surface area contributed by atoms with Crippen LogP contribution >= 0.6 is 0 Å². The van der Waals surface area contributed by atoms with E-state index in [4.69, 9.17) is 0 Å². The lowest BCUT2D eigenvalue weighted by atomic mass is 10.1. The quantitative estimate of drug-likeness (QED) is 0.887. The van der Waals surface area contributed by atoms with Crippen LogP contribution in [0.25, 0.3) is 0 Å². The minimum atomic E-state index is 0.865. The van der Waals surface area contributed by atoms with E-state index in [2.05, 4.69) is 80.6 Å². The third kappa shape index (κ3) is 3.75. The molecule has 0 amide bonds. The number of hydrogen-bond donors (Lipinski definition) is 1. The van der Waals surface area contributed by atoms with Crippen LogP contribution in [0.3, 0.4) is 0 Å². The largest absolute Gasteiger partial charge is 0.381 e. The minimum absolute atomic E-state index is 0.865. The second kappa shape index (κ2) is 5.79. The molecule has 2 nitrogen and oxygen atoms in total. The van der Waals surface area contributed by atoms with Crippen molar-refractivity contribution in [2.75, 3.05) is 24.3 Å². The summed E-state index contributed by atoms with van der Waals surface area (Å²) in [7, 11) is 4.11. The second-order valence-electron chi connectivity index (χ2n) is 5.29. The third-order valence-electron chi connectivity index (χ3n) is 3.16. The van der Waals surface area contributed by atoms with Crippen molar-refractivity contribution in [2.24, 2.45) is 0 Å². The van der Waals surface area contributed by atoms with E-state index in [9.17, 15) is 0 Å². The van der Waals surface area contributed by atoms with Gasteiger partial charge in [-0.15, -0.1) is 0 Å². The molecule has 2 aromatic rings. The molecule has 0 saturated carbocycles. The SMILES string of the molecule is Cc1cc(C)cc(CNc2ccc(N(C)C)cc2)c1. The number of nitrogens with zero attached hydrogens (tertiary/aromatic N) is 1. The number of hydrogen-bond acceptors (Lipinski definition) is 2. The van der Waals surface area contributed by atoms with Crippen molar-refractivity contribution in [1.29, 1.82) is 0 Å². The Bertz CT molecular complexity index is 521. The molecule has 100 valence electrons. The fraction of sp³-hybridized carbons (Fsp3) is 0.294. The Morgan fingerprint density at radius 2 is 1.47 bits per heavy atom. The molecule has 0 heterocycles. The molecule has 2 rings (SSSR count). The van der Waals surface area contributed by atoms with Gasteiger partial charge in [-0.2, -0.15) is 0 Å². The standard InChI is InChI=1S/C17H22N2/c1-13-9-14(2)11-15(10-13)12-18-16-5-7-17(8-6-16)19(3)4/h5-11,18H,12H2,1-4H3. The first-order valence-electron chi connectivity index (χ1n) is 6.63. The number of anilines is 2. The van der Waals surface area contributed by atoms with Crippen LogP contribution in [0, 0.1) is 13.8 Å². The van der Waals surface area contributed by atoms with Gasteiger partial charge >= 0.3 is 0 Å². The van der Waals surface area contributed by atoms with Crippen molar-refractivity contribution >= 4 is 11.4 Å². The summed E-state index contributed by atoms with van der Waals surface area (Å²) in [6.07, 6.45) is 0. The van der Waals surface area contributed by atoms with E-state index in [1.165, 1.54) is 22.4 Å². The van der Waals surface area contributed by atoms with Gasteiger partial charge in [0, 0.05) is 32.0 Å². The van der Waals surface area contributed by atoms with Gasteiger partial charge in [0.15, 0.2) is 0 Å². The van der Waals surface area contributed by atoms with Crippen LogP contribution in [0.15, 0.2) is 42.5 Å². The van der Waals surface area contributed by atoms with Crippen molar-refractivity contribution in [2.45, 2.75) is 20.4 Å². The Hall–Kier alpha value is -1.96. The van der Waals surface area contributed by atoms with Crippen LogP contribution in [0.4, 0.5) is 11.4 Å². The minimum Gasteiger partial charge on any atom is -0.381 e. The zero-order valence-corrected chi connectivity index (χ0v) is 12.2. The molecule has 0 saturated heterocycles. The molecule has 0 bridgehead atoms. The summed E-state index contributed by atoms with van der Waals surface area (Å²) >= 11 is 0. The maximum atomic E-state index is 3.46. The van der Waals surface area contributed by atoms with E-state index >= 15 is 0 Å². The molecule has 19 heavy (non-hydrogen) atoms. The zero-order valence-electron chi connectivity index (χ0n) is 12.2. The number of nitrogens with one attached hydrogen (secondary N) is 1. The van der Waals surface area contributed by atoms with Crippen molar-refractivity contribution in [3.05, 3.63) is 59.2 Å². The van der Waals surface area contributed by atoms with Crippen molar-refractivity contribution < 1.29 is 0 Å². The van der Waals surface area contributed by atoms with Crippen molar-refractivity contribution in [1.82, 2.24) is 0 Å². The second-order valence-corrected chi connectivity index (χ2v) is 5.29. The third-order valence-corrected chi connectivity index (χ3v) is 3.16. The van der Waals surface area contributed by atoms with Crippen molar-refractivity contribution in [3.8, 4) is 0 Å². The number of rotatable bonds is 4. The smallest absolute Gasteiger partial charge is 0.0400 e. The Labute approximate surface area is 116 Å². The summed E-state index contributed by atoms with van der Waals surface area (Å²) in [5.41, 5.74) is 6.34. The predicted molar refractivity (Wildman–Crippen MR) is 84.0 cm³/mol. The van der Waals surface area contributed by atoms with Gasteiger partial charge in [-0.05, 0) is 43.7 Å². The van der Waals surface area contributed by atoms with Crippen molar-refractivity contribution in [3.63, 3.8) is 0 Å². The molecular weight excluding hydrogens is 232 g/mol. The summed E-state index contributed by atoms with van der Waals surface area (Å²) < 4.78 is 0. The molecule has 0 fully saturated rings. The van der Waals surface area contributed by atoms with Gasteiger partial charge in [-0.1, -0.05) is 29.3 Å². The van der Waals surface area contributed by atoms with E-state index in [1.807, 2.05) is 0 Å². The first-order valence-corrected chi connectivity index (χ1v) is 6.63. The molecule has 0 atom stereocenters. The summed E-state index contributed by atoms with van der Waals surface area (Å²) in [6.45, 7) is 5.15. The molecule has 0 aliphatic carbocycles. The summed E-state index contributed by atoms with van der Waals surface area (Å²) in [5, 5.41) is 3.46. The summed E-state index contributed by atoms with van der Waals surface area (Å²) in [5.74, 6) is 0. The highest BCUT2D eigenvalue weighted by Crippen LogP contribution is 2.17. The molecule has 2 aromatic carbocycles.